The van der Waals surface area contributed by atoms with E-state index in [1.807, 2.05) is 6.20 Å². The van der Waals surface area contributed by atoms with Gasteiger partial charge in [-0.25, -0.2) is 9.59 Å². The Balaban J connectivity index is 2.56. The van der Waals surface area contributed by atoms with Gasteiger partial charge in [0.25, 0.3) is 0 Å². The highest BCUT2D eigenvalue weighted by Gasteiger charge is 2.31. The summed E-state index contributed by atoms with van der Waals surface area (Å²) in [6, 6.07) is 0. The number of fused-ring (bicyclic) bond motifs is 1. The predicted octanol–water partition coefficient (Wildman–Crippen LogP) is 0.969. The van der Waals surface area contributed by atoms with Gasteiger partial charge in [0, 0.05) is 33.0 Å². The molecule has 0 bridgehead atoms. The highest BCUT2D eigenvalue weighted by molar-refractivity contribution is 6.03. The molecular weight excluding hydrogens is 274 g/mol. The van der Waals surface area contributed by atoms with E-state index in [2.05, 4.69) is 0 Å². The number of hydrogen-bond donors (Lipinski definition) is 0. The Morgan fingerprint density at radius 3 is 2.05 bits per heavy atom. The number of hydrogen-bond acceptors (Lipinski definition) is 5. The molecule has 1 aliphatic rings. The summed E-state index contributed by atoms with van der Waals surface area (Å²) >= 11 is 0. The van der Waals surface area contributed by atoms with Crippen molar-refractivity contribution in [3.05, 3.63) is 34.2 Å². The second-order valence-electron chi connectivity index (χ2n) is 4.94. The molecule has 0 saturated heterocycles. The fourth-order valence-corrected chi connectivity index (χ4v) is 2.77. The van der Waals surface area contributed by atoms with Crippen LogP contribution < -0.4 is 0 Å². The van der Waals surface area contributed by atoms with E-state index in [-0.39, 0.29) is 29.8 Å². The number of aryl methyl sites for hydroxylation is 1. The molecule has 0 spiro atoms. The van der Waals surface area contributed by atoms with Crippen LogP contribution in [0.25, 0.3) is 0 Å². The Kier molecular flexibility index (Phi) is 3.97. The molecule has 0 saturated carbocycles. The summed E-state index contributed by atoms with van der Waals surface area (Å²) in [5.41, 5.74) is 2.73. The van der Waals surface area contributed by atoms with Crippen molar-refractivity contribution in [2.45, 2.75) is 19.8 Å². The first-order valence-corrected chi connectivity index (χ1v) is 6.47. The van der Waals surface area contributed by atoms with Crippen LogP contribution >= 0.6 is 0 Å². The minimum atomic E-state index is -0.570. The summed E-state index contributed by atoms with van der Waals surface area (Å²) < 4.78 is 11.2. The Morgan fingerprint density at radius 2 is 1.57 bits per heavy atom. The van der Waals surface area contributed by atoms with Crippen molar-refractivity contribution >= 4 is 17.7 Å². The largest absolute Gasteiger partial charge is 0.466 e. The highest BCUT2D eigenvalue weighted by Crippen LogP contribution is 2.31. The number of rotatable bonds is 3. The van der Waals surface area contributed by atoms with Crippen molar-refractivity contribution in [2.24, 2.45) is 7.05 Å². The summed E-state index contributed by atoms with van der Waals surface area (Å²) in [6.07, 6.45) is 2.26. The number of ketones is 1. The fourth-order valence-electron chi connectivity index (χ4n) is 2.77. The van der Waals surface area contributed by atoms with E-state index in [1.165, 1.54) is 21.1 Å². The van der Waals surface area contributed by atoms with E-state index in [0.29, 0.717) is 5.69 Å². The standard InChI is InChI=1S/C15H17NO5/c1-8(17)13-10-6-12(15(19)21-4)11(14(18)20-3)5-9(10)7-16(13)2/h7H,5-6H2,1-4H3. The van der Waals surface area contributed by atoms with Crippen LogP contribution in [0.3, 0.4) is 0 Å². The Hall–Kier alpha value is -2.37. The first kappa shape index (κ1) is 15.0. The van der Waals surface area contributed by atoms with Gasteiger partial charge in [-0.2, -0.15) is 0 Å². The molecule has 0 aliphatic heterocycles. The van der Waals surface area contributed by atoms with Crippen molar-refractivity contribution in [3.8, 4) is 0 Å². The maximum absolute atomic E-state index is 11.9. The van der Waals surface area contributed by atoms with Gasteiger partial charge < -0.3 is 14.0 Å². The van der Waals surface area contributed by atoms with Crippen molar-refractivity contribution in [1.29, 1.82) is 0 Å². The maximum atomic E-state index is 11.9. The lowest BCUT2D eigenvalue weighted by molar-refractivity contribution is -0.139. The van der Waals surface area contributed by atoms with E-state index < -0.39 is 11.9 Å². The Morgan fingerprint density at radius 1 is 1.05 bits per heavy atom. The van der Waals surface area contributed by atoms with Gasteiger partial charge >= 0.3 is 11.9 Å². The van der Waals surface area contributed by atoms with Crippen LogP contribution in [0.1, 0.15) is 28.5 Å². The SMILES string of the molecule is COC(=O)C1=C(C(=O)OC)Cc2c(cn(C)c2C(C)=O)C1. The molecule has 1 aromatic heterocycles. The fraction of sp³-hybridized carbons (Fsp3) is 0.400. The topological polar surface area (TPSA) is 74.6 Å². The molecule has 2 rings (SSSR count). The number of ether oxygens (including phenoxy) is 2. The lowest BCUT2D eigenvalue weighted by atomic mass is 9.86. The third-order valence-corrected chi connectivity index (χ3v) is 3.66. The summed E-state index contributed by atoms with van der Waals surface area (Å²) in [6.45, 7) is 1.48. The van der Waals surface area contributed by atoms with Crippen LogP contribution in [0.4, 0.5) is 0 Å². The molecule has 0 fully saturated rings. The van der Waals surface area contributed by atoms with Gasteiger partial charge in [0.1, 0.15) is 0 Å². The van der Waals surface area contributed by atoms with Crippen LogP contribution in [0.2, 0.25) is 0 Å². The smallest absolute Gasteiger partial charge is 0.334 e. The number of carbonyl (C=O) groups excluding carboxylic acids is 3. The zero-order valence-electron chi connectivity index (χ0n) is 12.5. The molecule has 0 atom stereocenters. The van der Waals surface area contributed by atoms with Crippen LogP contribution in [-0.4, -0.2) is 36.5 Å². The predicted molar refractivity (Wildman–Crippen MR) is 73.9 cm³/mol. The van der Waals surface area contributed by atoms with E-state index in [0.717, 1.165) is 11.1 Å². The minimum absolute atomic E-state index is 0.0792. The Bertz CT molecular complexity index is 666. The normalized spacial score (nSPS) is 13.7. The number of methoxy groups -OCH3 is 2. The van der Waals surface area contributed by atoms with Gasteiger partial charge in [0.15, 0.2) is 5.78 Å². The molecule has 0 aromatic carbocycles. The van der Waals surface area contributed by atoms with Gasteiger partial charge in [-0.15, -0.1) is 0 Å². The third-order valence-electron chi connectivity index (χ3n) is 3.66. The first-order valence-electron chi connectivity index (χ1n) is 6.47. The Labute approximate surface area is 122 Å². The lowest BCUT2D eigenvalue weighted by Gasteiger charge is -2.18. The van der Waals surface area contributed by atoms with Gasteiger partial charge in [0.05, 0.1) is 31.1 Å². The van der Waals surface area contributed by atoms with Crippen LogP contribution in [0.5, 0.6) is 0 Å². The number of nitrogens with zero attached hydrogens (tertiary/aromatic N) is 1. The lowest BCUT2D eigenvalue weighted by Crippen LogP contribution is -2.22. The average Bonchev–Trinajstić information content (AvgIpc) is 2.79. The van der Waals surface area contributed by atoms with Gasteiger partial charge in [-0.3, -0.25) is 4.79 Å². The van der Waals surface area contributed by atoms with E-state index in [9.17, 15) is 14.4 Å². The summed E-state index contributed by atoms with van der Waals surface area (Å²) in [7, 11) is 4.30. The number of esters is 2. The summed E-state index contributed by atoms with van der Waals surface area (Å²) in [5, 5.41) is 0. The second-order valence-corrected chi connectivity index (χ2v) is 4.94. The molecular formula is C15H17NO5. The molecule has 0 N–H and O–H groups in total. The molecule has 0 amide bonds. The molecule has 1 aliphatic carbocycles. The zero-order valence-corrected chi connectivity index (χ0v) is 12.5. The monoisotopic (exact) mass is 291 g/mol. The van der Waals surface area contributed by atoms with Crippen LogP contribution in [0.15, 0.2) is 17.3 Å². The number of Topliss-reactive ketones (excluding diaryl/α,β-unsaturated/α-hetero) is 1. The molecule has 0 radical (unpaired) electrons. The summed E-state index contributed by atoms with van der Waals surface area (Å²) in [4.78, 5) is 35.6. The van der Waals surface area contributed by atoms with Crippen LogP contribution in [0, 0.1) is 0 Å². The van der Waals surface area contributed by atoms with Crippen molar-refractivity contribution in [2.75, 3.05) is 14.2 Å². The third kappa shape index (κ3) is 2.49. The van der Waals surface area contributed by atoms with Crippen molar-refractivity contribution in [1.82, 2.24) is 4.57 Å². The van der Waals surface area contributed by atoms with Crippen molar-refractivity contribution in [3.63, 3.8) is 0 Å². The quantitative estimate of drug-likeness (QED) is 0.613. The molecule has 1 aromatic rings. The average molecular weight is 291 g/mol. The van der Waals surface area contributed by atoms with Gasteiger partial charge in [-0.05, 0) is 11.1 Å². The molecule has 0 unspecified atom stereocenters. The number of carbonyl (C=O) groups is 3. The first-order chi connectivity index (χ1) is 9.90. The van der Waals surface area contributed by atoms with E-state index in [1.54, 1.807) is 11.6 Å². The van der Waals surface area contributed by atoms with Crippen molar-refractivity contribution < 1.29 is 23.9 Å². The number of aromatic nitrogens is 1. The van der Waals surface area contributed by atoms with Gasteiger partial charge in [0.2, 0.25) is 0 Å². The van der Waals surface area contributed by atoms with E-state index >= 15 is 0 Å². The maximum Gasteiger partial charge on any atom is 0.334 e. The van der Waals surface area contributed by atoms with E-state index in [4.69, 9.17) is 9.47 Å². The molecule has 1 heterocycles. The van der Waals surface area contributed by atoms with Gasteiger partial charge in [-0.1, -0.05) is 0 Å². The zero-order chi connectivity index (χ0) is 15.7. The highest BCUT2D eigenvalue weighted by atomic mass is 16.5. The second kappa shape index (κ2) is 5.55. The summed E-state index contributed by atoms with van der Waals surface area (Å²) in [5.74, 6) is -1.20. The molecule has 6 nitrogen and oxygen atoms in total. The molecule has 21 heavy (non-hydrogen) atoms. The molecule has 112 valence electrons. The van der Waals surface area contributed by atoms with Crippen LogP contribution in [-0.2, 0) is 39.0 Å². The minimum Gasteiger partial charge on any atom is -0.466 e. The molecule has 6 heteroatoms.